The maximum Gasteiger partial charge on any atom is 0.243 e. The standard InChI is InChI=1S/C22H25ClN2O3S/c23-19-9-11-20(12-10-19)29(27,28)25-15-4-6-17(16-25)21(26)24-22(13-5-14-22)18-7-2-1-3-8-18/h1-3,7-12,17H,4-6,13-16H2,(H,24,26). The van der Waals surface area contributed by atoms with Crippen LogP contribution in [0.5, 0.6) is 0 Å². The van der Waals surface area contributed by atoms with Crippen LogP contribution in [-0.4, -0.2) is 31.7 Å². The van der Waals surface area contributed by atoms with E-state index in [4.69, 9.17) is 11.6 Å². The predicted molar refractivity (Wildman–Crippen MR) is 113 cm³/mol. The molecule has 1 unspecified atom stereocenters. The number of piperidine rings is 1. The minimum Gasteiger partial charge on any atom is -0.346 e. The molecule has 5 nitrogen and oxygen atoms in total. The third kappa shape index (κ3) is 4.06. The normalized spacial score (nSPS) is 21.9. The van der Waals surface area contributed by atoms with Gasteiger partial charge in [0, 0.05) is 18.1 Å². The lowest BCUT2D eigenvalue weighted by atomic mass is 9.71. The number of carbonyl (C=O) groups is 1. The topological polar surface area (TPSA) is 66.5 Å². The van der Waals surface area contributed by atoms with Gasteiger partial charge in [-0.05, 0) is 61.9 Å². The van der Waals surface area contributed by atoms with Gasteiger partial charge in [-0.1, -0.05) is 41.9 Å². The van der Waals surface area contributed by atoms with Crippen molar-refractivity contribution in [2.75, 3.05) is 13.1 Å². The van der Waals surface area contributed by atoms with Gasteiger partial charge in [0.25, 0.3) is 0 Å². The summed E-state index contributed by atoms with van der Waals surface area (Å²) in [5, 5.41) is 3.75. The average molecular weight is 433 g/mol. The van der Waals surface area contributed by atoms with Crippen molar-refractivity contribution in [1.82, 2.24) is 9.62 Å². The molecular formula is C22H25ClN2O3S. The molecule has 1 amide bonds. The summed E-state index contributed by atoms with van der Waals surface area (Å²) in [5.74, 6) is -0.392. The fourth-order valence-electron chi connectivity index (χ4n) is 4.24. The minimum absolute atomic E-state index is 0.0513. The zero-order chi connectivity index (χ0) is 20.5. The van der Waals surface area contributed by atoms with Crippen LogP contribution in [0, 0.1) is 5.92 Å². The first-order valence-corrected chi connectivity index (χ1v) is 11.9. The molecule has 4 rings (SSSR count). The van der Waals surface area contributed by atoms with Crippen molar-refractivity contribution in [3.8, 4) is 0 Å². The highest BCUT2D eigenvalue weighted by molar-refractivity contribution is 7.89. The van der Waals surface area contributed by atoms with Crippen molar-refractivity contribution in [3.05, 3.63) is 65.2 Å². The Bertz CT molecular complexity index is 973. The molecule has 1 saturated heterocycles. The van der Waals surface area contributed by atoms with Crippen LogP contribution in [0.1, 0.15) is 37.7 Å². The van der Waals surface area contributed by atoms with Gasteiger partial charge >= 0.3 is 0 Å². The van der Waals surface area contributed by atoms with Crippen LogP contribution in [0.15, 0.2) is 59.5 Å². The Kier molecular flexibility index (Phi) is 5.69. The second kappa shape index (κ2) is 8.09. The summed E-state index contributed by atoms with van der Waals surface area (Å²) in [4.78, 5) is 13.3. The maximum atomic E-state index is 13.1. The summed E-state index contributed by atoms with van der Waals surface area (Å²) in [6.07, 6.45) is 4.29. The smallest absolute Gasteiger partial charge is 0.243 e. The highest BCUT2D eigenvalue weighted by Gasteiger charge is 2.42. The van der Waals surface area contributed by atoms with Gasteiger partial charge in [0.05, 0.1) is 16.4 Å². The SMILES string of the molecule is O=C(NC1(c2ccccc2)CCC1)C1CCCN(S(=O)(=O)c2ccc(Cl)cc2)C1. The van der Waals surface area contributed by atoms with E-state index < -0.39 is 10.0 Å². The van der Waals surface area contributed by atoms with Crippen molar-refractivity contribution < 1.29 is 13.2 Å². The molecule has 0 aromatic heterocycles. The Labute approximate surface area is 177 Å². The number of sulfonamides is 1. The molecule has 2 aliphatic rings. The predicted octanol–water partition coefficient (Wildman–Crippen LogP) is 3.94. The first-order valence-electron chi connectivity index (χ1n) is 10.0. The first-order chi connectivity index (χ1) is 13.9. The maximum absolute atomic E-state index is 13.1. The van der Waals surface area contributed by atoms with Gasteiger partial charge in [-0.25, -0.2) is 8.42 Å². The Morgan fingerprint density at radius 3 is 2.34 bits per heavy atom. The van der Waals surface area contributed by atoms with Gasteiger partial charge < -0.3 is 5.32 Å². The Morgan fingerprint density at radius 1 is 1.03 bits per heavy atom. The fraction of sp³-hybridized carbons (Fsp3) is 0.409. The van der Waals surface area contributed by atoms with E-state index in [9.17, 15) is 13.2 Å². The zero-order valence-corrected chi connectivity index (χ0v) is 17.8. The van der Waals surface area contributed by atoms with Crippen molar-refractivity contribution in [2.45, 2.75) is 42.5 Å². The van der Waals surface area contributed by atoms with Crippen LogP contribution in [0.3, 0.4) is 0 Å². The summed E-state index contributed by atoms with van der Waals surface area (Å²) in [7, 11) is -3.64. The van der Waals surface area contributed by atoms with Crippen LogP contribution in [0.2, 0.25) is 5.02 Å². The van der Waals surface area contributed by atoms with Gasteiger partial charge in [-0.2, -0.15) is 4.31 Å². The molecule has 2 aromatic rings. The lowest BCUT2D eigenvalue weighted by Gasteiger charge is -2.44. The quantitative estimate of drug-likeness (QED) is 0.778. The molecule has 1 N–H and O–H groups in total. The average Bonchev–Trinajstić information content (AvgIpc) is 2.71. The summed E-state index contributed by atoms with van der Waals surface area (Å²) >= 11 is 5.88. The highest BCUT2D eigenvalue weighted by atomic mass is 35.5. The third-order valence-electron chi connectivity index (χ3n) is 6.10. The van der Waals surface area contributed by atoms with Crippen molar-refractivity contribution in [2.24, 2.45) is 5.92 Å². The van der Waals surface area contributed by atoms with E-state index in [-0.39, 0.29) is 28.8 Å². The number of nitrogens with one attached hydrogen (secondary N) is 1. The van der Waals surface area contributed by atoms with Crippen LogP contribution in [0.4, 0.5) is 0 Å². The number of benzene rings is 2. The number of hydrogen-bond donors (Lipinski definition) is 1. The number of hydrogen-bond acceptors (Lipinski definition) is 3. The van der Waals surface area contributed by atoms with Gasteiger partial charge in [0.2, 0.25) is 15.9 Å². The summed E-state index contributed by atoms with van der Waals surface area (Å²) in [6, 6.07) is 16.2. The number of carbonyl (C=O) groups excluding carboxylic acids is 1. The second-order valence-corrected chi connectivity index (χ2v) is 10.3. The van der Waals surface area contributed by atoms with Crippen LogP contribution in [-0.2, 0) is 20.4 Å². The molecule has 1 heterocycles. The van der Waals surface area contributed by atoms with Crippen LogP contribution >= 0.6 is 11.6 Å². The molecule has 0 radical (unpaired) electrons. The monoisotopic (exact) mass is 432 g/mol. The van der Waals surface area contributed by atoms with Gasteiger partial charge in [-0.3, -0.25) is 4.79 Å². The van der Waals surface area contributed by atoms with Crippen molar-refractivity contribution in [1.29, 1.82) is 0 Å². The molecule has 2 fully saturated rings. The zero-order valence-electron chi connectivity index (χ0n) is 16.2. The van der Waals surface area contributed by atoms with Gasteiger partial charge in [0.15, 0.2) is 0 Å². The largest absolute Gasteiger partial charge is 0.346 e. The highest BCUT2D eigenvalue weighted by Crippen LogP contribution is 2.41. The van der Waals surface area contributed by atoms with E-state index in [1.165, 1.54) is 16.4 Å². The molecule has 29 heavy (non-hydrogen) atoms. The summed E-state index contributed by atoms with van der Waals surface area (Å²) < 4.78 is 27.4. The first kappa shape index (κ1) is 20.4. The van der Waals surface area contributed by atoms with E-state index in [1.807, 2.05) is 18.2 Å². The molecule has 0 bridgehead atoms. The molecule has 0 spiro atoms. The second-order valence-electron chi connectivity index (χ2n) is 7.95. The van der Waals surface area contributed by atoms with E-state index in [0.29, 0.717) is 24.4 Å². The number of nitrogens with zero attached hydrogens (tertiary/aromatic N) is 1. The molecule has 1 aliphatic carbocycles. The van der Waals surface area contributed by atoms with Gasteiger partial charge in [-0.15, -0.1) is 0 Å². The van der Waals surface area contributed by atoms with E-state index in [0.717, 1.165) is 24.8 Å². The van der Waals surface area contributed by atoms with Gasteiger partial charge in [0.1, 0.15) is 0 Å². The van der Waals surface area contributed by atoms with Crippen molar-refractivity contribution >= 4 is 27.5 Å². The molecule has 2 aromatic carbocycles. The van der Waals surface area contributed by atoms with Crippen LogP contribution in [0.25, 0.3) is 0 Å². The summed E-state index contributed by atoms with van der Waals surface area (Å²) in [5.41, 5.74) is 0.816. The van der Waals surface area contributed by atoms with E-state index >= 15 is 0 Å². The molecule has 1 atom stereocenters. The lowest BCUT2D eigenvalue weighted by molar-refractivity contribution is -0.129. The fourth-order valence-corrected chi connectivity index (χ4v) is 5.89. The molecule has 1 saturated carbocycles. The number of halogens is 1. The Morgan fingerprint density at radius 2 is 1.72 bits per heavy atom. The van der Waals surface area contributed by atoms with Crippen LogP contribution < -0.4 is 5.32 Å². The molecular weight excluding hydrogens is 408 g/mol. The lowest BCUT2D eigenvalue weighted by Crippen LogP contribution is -2.54. The van der Waals surface area contributed by atoms with Crippen molar-refractivity contribution in [3.63, 3.8) is 0 Å². The number of rotatable bonds is 5. The third-order valence-corrected chi connectivity index (χ3v) is 8.23. The molecule has 1 aliphatic heterocycles. The van der Waals surface area contributed by atoms with E-state index in [1.54, 1.807) is 12.1 Å². The molecule has 7 heteroatoms. The minimum atomic E-state index is -3.64. The summed E-state index contributed by atoms with van der Waals surface area (Å²) in [6.45, 7) is 0.639. The Hall–Kier alpha value is -1.89. The Balaban J connectivity index is 1.48. The number of amides is 1. The van der Waals surface area contributed by atoms with E-state index in [2.05, 4.69) is 17.4 Å². The molecule has 154 valence electrons.